The lowest BCUT2D eigenvalue weighted by molar-refractivity contribution is 0.395. The van der Waals surface area contributed by atoms with Crippen LogP contribution in [0.25, 0.3) is 5.57 Å². The lowest BCUT2D eigenvalue weighted by Crippen LogP contribution is -2.18. The lowest BCUT2D eigenvalue weighted by atomic mass is 9.78. The molecule has 0 aliphatic heterocycles. The zero-order valence-corrected chi connectivity index (χ0v) is 17.9. The Morgan fingerprint density at radius 3 is 2.00 bits per heavy atom. The van der Waals surface area contributed by atoms with Crippen molar-refractivity contribution in [3.05, 3.63) is 58.7 Å². The Balaban J connectivity index is 3.62. The second-order valence-corrected chi connectivity index (χ2v) is 8.85. The molecule has 0 heterocycles. The molecule has 1 rings (SSSR count). The summed E-state index contributed by atoms with van der Waals surface area (Å²) in [6.45, 7) is 19.9. The number of hydrogen-bond donors (Lipinski definition) is 0. The monoisotopic (exact) mass is 340 g/mol. The summed E-state index contributed by atoms with van der Waals surface area (Å²) in [6.07, 6.45) is 8.53. The third-order valence-electron chi connectivity index (χ3n) is 4.55. The van der Waals surface area contributed by atoms with Crippen molar-refractivity contribution in [1.82, 2.24) is 0 Å². The average molecular weight is 341 g/mol. The Bertz CT molecular complexity index is 686. The molecule has 1 heteroatoms. The summed E-state index contributed by atoms with van der Waals surface area (Å²) >= 11 is 0. The van der Waals surface area contributed by atoms with E-state index in [0.29, 0.717) is 0 Å². The Morgan fingerprint density at radius 1 is 0.960 bits per heavy atom. The van der Waals surface area contributed by atoms with Gasteiger partial charge >= 0.3 is 0 Å². The van der Waals surface area contributed by atoms with Crippen molar-refractivity contribution in [3.63, 3.8) is 0 Å². The molecule has 0 spiro atoms. The van der Waals surface area contributed by atoms with Crippen LogP contribution < -0.4 is 4.74 Å². The molecule has 1 aromatic carbocycles. The van der Waals surface area contributed by atoms with Crippen LogP contribution in [0.3, 0.4) is 0 Å². The lowest BCUT2D eigenvalue weighted by Gasteiger charge is -2.29. The van der Waals surface area contributed by atoms with Gasteiger partial charge in [0.1, 0.15) is 5.75 Å². The van der Waals surface area contributed by atoms with Gasteiger partial charge in [0, 0.05) is 11.1 Å². The number of rotatable bonds is 4. The minimum absolute atomic E-state index is 0.0268. The van der Waals surface area contributed by atoms with Gasteiger partial charge in [-0.1, -0.05) is 77.5 Å². The first-order valence-corrected chi connectivity index (χ1v) is 9.13. The molecule has 138 valence electrons. The van der Waals surface area contributed by atoms with E-state index in [0.717, 1.165) is 5.75 Å². The highest BCUT2D eigenvalue weighted by atomic mass is 16.5. The van der Waals surface area contributed by atoms with Gasteiger partial charge in [-0.25, -0.2) is 0 Å². The first-order valence-electron chi connectivity index (χ1n) is 9.13. The molecule has 0 saturated heterocycles. The molecule has 1 aromatic rings. The van der Waals surface area contributed by atoms with Gasteiger partial charge in [0.2, 0.25) is 0 Å². The second kappa shape index (κ2) is 8.08. The summed E-state index contributed by atoms with van der Waals surface area (Å²) in [7, 11) is 1.78. The van der Waals surface area contributed by atoms with Gasteiger partial charge in [0.05, 0.1) is 7.11 Å². The molecule has 0 amide bonds. The minimum Gasteiger partial charge on any atom is -0.496 e. The maximum absolute atomic E-state index is 5.86. The summed E-state index contributed by atoms with van der Waals surface area (Å²) in [4.78, 5) is 0. The van der Waals surface area contributed by atoms with Crippen molar-refractivity contribution in [2.75, 3.05) is 7.11 Å². The van der Waals surface area contributed by atoms with Crippen molar-refractivity contribution < 1.29 is 4.74 Å². The molecule has 25 heavy (non-hydrogen) atoms. The fourth-order valence-corrected chi connectivity index (χ4v) is 2.66. The van der Waals surface area contributed by atoms with Crippen molar-refractivity contribution >= 4 is 5.57 Å². The largest absolute Gasteiger partial charge is 0.496 e. The molecule has 0 fully saturated rings. The predicted octanol–water partition coefficient (Wildman–Crippen LogP) is 7.22. The van der Waals surface area contributed by atoms with Crippen LogP contribution in [0, 0.1) is 0 Å². The Morgan fingerprint density at radius 2 is 1.56 bits per heavy atom. The maximum atomic E-state index is 5.86. The number of benzene rings is 1. The molecule has 0 unspecified atom stereocenters. The summed E-state index contributed by atoms with van der Waals surface area (Å²) in [6, 6.07) is 4.60. The molecule has 0 bridgehead atoms. The van der Waals surface area contributed by atoms with Gasteiger partial charge in [-0.2, -0.15) is 0 Å². The molecule has 1 nitrogen and oxygen atoms in total. The number of hydrogen-bond acceptors (Lipinski definition) is 1. The van der Waals surface area contributed by atoms with Crippen molar-refractivity contribution in [1.29, 1.82) is 0 Å². The number of allylic oxidation sites excluding steroid dienone is 6. The zero-order chi connectivity index (χ0) is 19.4. The van der Waals surface area contributed by atoms with E-state index >= 15 is 0 Å². The highest BCUT2D eigenvalue weighted by molar-refractivity contribution is 5.73. The summed E-state index contributed by atoms with van der Waals surface area (Å²) in [5.74, 6) is 0.991. The van der Waals surface area contributed by atoms with Crippen molar-refractivity contribution in [2.45, 2.75) is 73.1 Å². The zero-order valence-electron chi connectivity index (χ0n) is 17.9. The van der Waals surface area contributed by atoms with Crippen LogP contribution in [0.1, 0.15) is 79.0 Å². The third-order valence-corrected chi connectivity index (χ3v) is 4.55. The number of methoxy groups -OCH3 is 1. The van der Waals surface area contributed by atoms with E-state index in [1.807, 2.05) is 0 Å². The minimum atomic E-state index is 0.0268. The van der Waals surface area contributed by atoms with E-state index in [9.17, 15) is 0 Å². The maximum Gasteiger partial charge on any atom is 0.130 e. The van der Waals surface area contributed by atoms with Crippen molar-refractivity contribution in [2.24, 2.45) is 0 Å². The van der Waals surface area contributed by atoms with Crippen LogP contribution >= 0.6 is 0 Å². The van der Waals surface area contributed by atoms with Gasteiger partial charge in [0.25, 0.3) is 0 Å². The van der Waals surface area contributed by atoms with Gasteiger partial charge in [-0.3, -0.25) is 0 Å². The molecule has 0 atom stereocenters. The topological polar surface area (TPSA) is 9.23 Å². The van der Waals surface area contributed by atoms with E-state index in [-0.39, 0.29) is 10.8 Å². The highest BCUT2D eigenvalue weighted by Gasteiger charge is 2.25. The molecular weight excluding hydrogens is 304 g/mol. The van der Waals surface area contributed by atoms with Gasteiger partial charge in [-0.15, -0.1) is 0 Å². The Hall–Kier alpha value is -1.76. The van der Waals surface area contributed by atoms with Crippen LogP contribution in [0.5, 0.6) is 5.75 Å². The fourth-order valence-electron chi connectivity index (χ4n) is 2.66. The molecule has 0 aliphatic carbocycles. The molecular formula is C24H36O. The Kier molecular flexibility index (Phi) is 6.88. The van der Waals surface area contributed by atoms with Gasteiger partial charge < -0.3 is 4.74 Å². The van der Waals surface area contributed by atoms with Crippen LogP contribution in [0.4, 0.5) is 0 Å². The van der Waals surface area contributed by atoms with E-state index in [1.165, 1.54) is 27.8 Å². The van der Waals surface area contributed by atoms with Crippen LogP contribution in [0.2, 0.25) is 0 Å². The third kappa shape index (κ3) is 5.63. The standard InChI is InChI=1S/C24H36O/c1-11-17(2)13-12-14-18(3)20-15-19(23(4,5)6)16-21(22(20)25-10)24(7,8)9/h11-16H,1-10H3/b13-12+,17-11+,18-14+. The second-order valence-electron chi connectivity index (χ2n) is 8.85. The predicted molar refractivity (Wildman–Crippen MR) is 113 cm³/mol. The van der Waals surface area contributed by atoms with E-state index in [4.69, 9.17) is 4.74 Å². The quantitative estimate of drug-likeness (QED) is 0.526. The van der Waals surface area contributed by atoms with E-state index in [2.05, 4.69) is 98.8 Å². The van der Waals surface area contributed by atoms with Gasteiger partial charge in [-0.05, 0) is 48.8 Å². The molecule has 0 radical (unpaired) electrons. The van der Waals surface area contributed by atoms with Crippen LogP contribution in [-0.4, -0.2) is 7.11 Å². The highest BCUT2D eigenvalue weighted by Crippen LogP contribution is 2.40. The van der Waals surface area contributed by atoms with E-state index in [1.54, 1.807) is 7.11 Å². The first kappa shape index (κ1) is 21.3. The average Bonchev–Trinajstić information content (AvgIpc) is 2.51. The molecule has 0 aliphatic rings. The molecule has 0 aromatic heterocycles. The normalized spacial score (nSPS) is 14.3. The Labute approximate surface area is 155 Å². The summed E-state index contributed by atoms with van der Waals surface area (Å²) < 4.78 is 5.86. The molecule has 0 saturated carbocycles. The van der Waals surface area contributed by atoms with Gasteiger partial charge in [0.15, 0.2) is 0 Å². The SMILES string of the molecule is C/C=C(C)/C=C/C=C(\C)c1cc(C(C)(C)C)cc(C(C)(C)C)c1OC. The number of ether oxygens (including phenoxy) is 1. The summed E-state index contributed by atoms with van der Waals surface area (Å²) in [5, 5.41) is 0. The van der Waals surface area contributed by atoms with Crippen LogP contribution in [-0.2, 0) is 10.8 Å². The van der Waals surface area contributed by atoms with E-state index < -0.39 is 0 Å². The fraction of sp³-hybridized carbons (Fsp3) is 0.500. The smallest absolute Gasteiger partial charge is 0.130 e. The van der Waals surface area contributed by atoms with Crippen molar-refractivity contribution in [3.8, 4) is 5.75 Å². The molecule has 0 N–H and O–H groups in total. The van der Waals surface area contributed by atoms with Crippen LogP contribution in [0.15, 0.2) is 42.0 Å². The summed E-state index contributed by atoms with van der Waals surface area (Å²) in [5.41, 5.74) is 6.39. The first-order chi connectivity index (χ1) is 11.4.